The van der Waals surface area contributed by atoms with Crippen molar-refractivity contribution in [2.45, 2.75) is 226 Å². The van der Waals surface area contributed by atoms with Crippen molar-refractivity contribution >= 4 is 0 Å². The van der Waals surface area contributed by atoms with Gasteiger partial charge in [0.15, 0.2) is 0 Å². The van der Waals surface area contributed by atoms with Gasteiger partial charge in [0.05, 0.1) is 13.1 Å². The first-order chi connectivity index (χ1) is 19.8. The summed E-state index contributed by atoms with van der Waals surface area (Å²) in [5.41, 5.74) is 0. The fraction of sp³-hybridized carbons (Fsp3) is 0.921. The highest BCUT2D eigenvalue weighted by atomic mass is 15.1. The van der Waals surface area contributed by atoms with Crippen LogP contribution in [0.4, 0.5) is 0 Å². The molecule has 0 N–H and O–H groups in total. The normalized spacial score (nSPS) is 11.6. The van der Waals surface area contributed by atoms with Crippen LogP contribution in [0.15, 0.2) is 12.4 Å². The van der Waals surface area contributed by atoms with E-state index < -0.39 is 0 Å². The molecule has 0 saturated heterocycles. The predicted molar refractivity (Wildman–Crippen MR) is 179 cm³/mol. The van der Waals surface area contributed by atoms with Gasteiger partial charge in [-0.3, -0.25) is 0 Å². The molecule has 1 aromatic heterocycles. The third-order valence-corrected chi connectivity index (χ3v) is 9.10. The smallest absolute Gasteiger partial charge is 0.234 e. The van der Waals surface area contributed by atoms with E-state index >= 15 is 0 Å². The predicted octanol–water partition coefficient (Wildman–Crippen LogP) is 12.7. The average Bonchev–Trinajstić information content (AvgIpc) is 3.35. The number of hydrogen-bond acceptors (Lipinski definition) is 0. The molecule has 0 bridgehead atoms. The fourth-order valence-corrected chi connectivity index (χ4v) is 6.33. The number of imidazole rings is 1. The molecular weight excluding hydrogens is 484 g/mol. The van der Waals surface area contributed by atoms with Crippen molar-refractivity contribution in [3.05, 3.63) is 18.2 Å². The Balaban J connectivity index is 2.15. The van der Waals surface area contributed by atoms with Crippen molar-refractivity contribution in [2.24, 2.45) is 0 Å². The average molecular weight is 560 g/mol. The number of nitrogens with zero attached hydrogens (tertiary/aromatic N) is 2. The first-order valence-corrected chi connectivity index (χ1v) is 18.9. The quantitative estimate of drug-likeness (QED) is 0.0613. The molecule has 1 rings (SSSR count). The lowest BCUT2D eigenvalue weighted by atomic mass is 10.0. The molecular formula is C38H75N2+. The monoisotopic (exact) mass is 560 g/mol. The summed E-state index contributed by atoms with van der Waals surface area (Å²) in [4.78, 5) is 0. The van der Waals surface area contributed by atoms with Crippen LogP contribution in [0.1, 0.15) is 213 Å². The Hall–Kier alpha value is -0.790. The lowest BCUT2D eigenvalue weighted by molar-refractivity contribution is -0.704. The van der Waals surface area contributed by atoms with Gasteiger partial charge in [0.1, 0.15) is 12.4 Å². The number of hydrogen-bond donors (Lipinski definition) is 0. The second kappa shape index (κ2) is 29.7. The maximum absolute atomic E-state index is 2.62. The Morgan fingerprint density at radius 2 is 0.775 bits per heavy atom. The maximum atomic E-state index is 2.62. The van der Waals surface area contributed by atoms with Gasteiger partial charge in [-0.15, -0.1) is 0 Å². The van der Waals surface area contributed by atoms with Crippen molar-refractivity contribution < 1.29 is 4.57 Å². The second-order valence-corrected chi connectivity index (χ2v) is 13.0. The molecule has 1 aromatic rings. The minimum absolute atomic E-state index is 1.22. The minimum atomic E-state index is 1.22. The lowest BCUT2D eigenvalue weighted by Gasteiger charge is -2.07. The van der Waals surface area contributed by atoms with Crippen molar-refractivity contribution in [1.29, 1.82) is 0 Å². The van der Waals surface area contributed by atoms with Crippen LogP contribution in [0.25, 0.3) is 0 Å². The SMILES string of the molecule is CCCCCCCCCCCCCCCCn1cc[n+](CCCCC)c1CCCCCCCCCCCCCC. The van der Waals surface area contributed by atoms with E-state index in [1.165, 1.54) is 206 Å². The molecule has 0 spiro atoms. The molecule has 0 unspecified atom stereocenters. The first-order valence-electron chi connectivity index (χ1n) is 18.9. The summed E-state index contributed by atoms with van der Waals surface area (Å²) >= 11 is 0. The van der Waals surface area contributed by atoms with Crippen molar-refractivity contribution in [3.8, 4) is 0 Å². The Labute approximate surface area is 253 Å². The van der Waals surface area contributed by atoms with Gasteiger partial charge in [-0.2, -0.15) is 0 Å². The summed E-state index contributed by atoms with van der Waals surface area (Å²) in [5, 5.41) is 0. The van der Waals surface area contributed by atoms with Crippen molar-refractivity contribution in [3.63, 3.8) is 0 Å². The Morgan fingerprint density at radius 1 is 0.425 bits per heavy atom. The van der Waals surface area contributed by atoms with Crippen LogP contribution in [-0.2, 0) is 19.5 Å². The topological polar surface area (TPSA) is 8.81 Å². The van der Waals surface area contributed by atoms with Crippen LogP contribution < -0.4 is 4.57 Å². The van der Waals surface area contributed by atoms with Crippen LogP contribution in [0.2, 0.25) is 0 Å². The zero-order chi connectivity index (χ0) is 28.8. The number of aryl methyl sites for hydroxylation is 2. The molecule has 0 fully saturated rings. The lowest BCUT2D eigenvalue weighted by Crippen LogP contribution is -2.37. The number of aromatic nitrogens is 2. The molecule has 0 atom stereocenters. The second-order valence-electron chi connectivity index (χ2n) is 13.0. The van der Waals surface area contributed by atoms with E-state index in [9.17, 15) is 0 Å². The highest BCUT2D eigenvalue weighted by Gasteiger charge is 2.16. The molecule has 0 aliphatic rings. The van der Waals surface area contributed by atoms with Gasteiger partial charge >= 0.3 is 0 Å². The molecule has 0 amide bonds. The van der Waals surface area contributed by atoms with Crippen LogP contribution in [0.5, 0.6) is 0 Å². The standard InChI is InChI=1S/C38H75N2/c1-4-7-10-12-14-16-18-20-21-23-25-27-29-32-35-40-37-36-39(34-31-9-6-3)38(40)33-30-28-26-24-22-19-17-15-13-11-8-5-2/h36-37H,4-35H2,1-3H3/q+1. The molecule has 40 heavy (non-hydrogen) atoms. The maximum Gasteiger partial charge on any atom is 0.256 e. The summed E-state index contributed by atoms with van der Waals surface area (Å²) < 4.78 is 5.21. The van der Waals surface area contributed by atoms with Gasteiger partial charge in [-0.05, 0) is 32.1 Å². The molecule has 0 saturated carbocycles. The van der Waals surface area contributed by atoms with Gasteiger partial charge in [0, 0.05) is 6.42 Å². The van der Waals surface area contributed by atoms with E-state index in [-0.39, 0.29) is 0 Å². The van der Waals surface area contributed by atoms with E-state index in [2.05, 4.69) is 42.3 Å². The van der Waals surface area contributed by atoms with Crippen LogP contribution in [0.3, 0.4) is 0 Å². The summed E-state index contributed by atoms with van der Waals surface area (Å²) in [5.74, 6) is 1.61. The highest BCUT2D eigenvalue weighted by molar-refractivity contribution is 4.84. The zero-order valence-corrected chi connectivity index (χ0v) is 28.2. The number of rotatable bonds is 32. The molecule has 1 heterocycles. The zero-order valence-electron chi connectivity index (χ0n) is 28.2. The summed E-state index contributed by atoms with van der Waals surface area (Å²) in [6.07, 6.45) is 47.5. The fourth-order valence-electron chi connectivity index (χ4n) is 6.33. The molecule has 236 valence electrons. The van der Waals surface area contributed by atoms with Gasteiger partial charge in [-0.25, -0.2) is 9.13 Å². The van der Waals surface area contributed by atoms with Crippen LogP contribution in [0, 0.1) is 0 Å². The summed E-state index contributed by atoms with van der Waals surface area (Å²) in [7, 11) is 0. The van der Waals surface area contributed by atoms with E-state index in [4.69, 9.17) is 0 Å². The number of unbranched alkanes of at least 4 members (excludes halogenated alkanes) is 26. The molecule has 2 heteroatoms. The summed E-state index contributed by atoms with van der Waals surface area (Å²) in [6.45, 7) is 9.38. The Morgan fingerprint density at radius 3 is 1.20 bits per heavy atom. The molecule has 0 aliphatic heterocycles. The van der Waals surface area contributed by atoms with Gasteiger partial charge in [-0.1, -0.05) is 175 Å². The molecule has 0 aromatic carbocycles. The van der Waals surface area contributed by atoms with Gasteiger partial charge < -0.3 is 0 Å². The Bertz CT molecular complexity index is 619. The third-order valence-electron chi connectivity index (χ3n) is 9.10. The van der Waals surface area contributed by atoms with E-state index in [0.717, 1.165) is 0 Å². The largest absolute Gasteiger partial charge is 0.256 e. The first kappa shape index (κ1) is 37.2. The van der Waals surface area contributed by atoms with Crippen molar-refractivity contribution in [2.75, 3.05) is 0 Å². The van der Waals surface area contributed by atoms with Gasteiger partial charge in [0.25, 0.3) is 5.82 Å². The van der Waals surface area contributed by atoms with Gasteiger partial charge in [0.2, 0.25) is 0 Å². The van der Waals surface area contributed by atoms with E-state index in [1.807, 2.05) is 0 Å². The van der Waals surface area contributed by atoms with E-state index in [0.29, 0.717) is 0 Å². The Kier molecular flexibility index (Phi) is 27.6. The molecule has 0 aliphatic carbocycles. The van der Waals surface area contributed by atoms with Crippen molar-refractivity contribution in [1.82, 2.24) is 4.57 Å². The molecule has 0 radical (unpaired) electrons. The van der Waals surface area contributed by atoms with Crippen LogP contribution in [-0.4, -0.2) is 4.57 Å². The summed E-state index contributed by atoms with van der Waals surface area (Å²) in [6, 6.07) is 0. The minimum Gasteiger partial charge on any atom is -0.234 e. The molecule has 2 nitrogen and oxygen atoms in total. The third kappa shape index (κ3) is 21.9. The van der Waals surface area contributed by atoms with E-state index in [1.54, 1.807) is 5.82 Å². The highest BCUT2D eigenvalue weighted by Crippen LogP contribution is 2.15. The van der Waals surface area contributed by atoms with Crippen LogP contribution >= 0.6 is 0 Å².